The molecule has 0 aliphatic rings. The average Bonchev–Trinajstić information content (AvgIpc) is 2.46. The summed E-state index contributed by atoms with van der Waals surface area (Å²) in [6.45, 7) is 9.02. The molecule has 0 aliphatic carbocycles. The van der Waals surface area contributed by atoms with Gasteiger partial charge in [-0.1, -0.05) is 13.0 Å². The van der Waals surface area contributed by atoms with Crippen molar-refractivity contribution in [1.29, 1.82) is 0 Å². The third kappa shape index (κ3) is 6.45. The molecule has 2 amide bonds. The van der Waals surface area contributed by atoms with Gasteiger partial charge in [0.05, 0.1) is 5.56 Å². The van der Waals surface area contributed by atoms with Crippen LogP contribution in [0.4, 0.5) is 10.5 Å². The van der Waals surface area contributed by atoms with Crippen LogP contribution in [0.3, 0.4) is 0 Å². The van der Waals surface area contributed by atoms with Crippen LogP contribution in [-0.4, -0.2) is 46.7 Å². The molecule has 7 heteroatoms. The summed E-state index contributed by atoms with van der Waals surface area (Å²) in [4.78, 5) is 37.0. The predicted octanol–water partition coefficient (Wildman–Crippen LogP) is 3.28. The third-order valence-electron chi connectivity index (χ3n) is 3.32. The van der Waals surface area contributed by atoms with Crippen LogP contribution in [0.25, 0.3) is 0 Å². The van der Waals surface area contributed by atoms with Crippen molar-refractivity contribution in [3.05, 3.63) is 29.3 Å². The Morgan fingerprint density at radius 1 is 1.24 bits per heavy atom. The van der Waals surface area contributed by atoms with Crippen molar-refractivity contribution < 1.29 is 24.2 Å². The number of nitrogens with one attached hydrogen (secondary N) is 1. The van der Waals surface area contributed by atoms with Crippen molar-refractivity contribution in [3.8, 4) is 0 Å². The predicted molar refractivity (Wildman–Crippen MR) is 94.9 cm³/mol. The SMILES string of the molecule is CCCN(CC(=O)Nc1cccc(C(=O)O)c1C)C(=O)OC(C)(C)C. The normalized spacial score (nSPS) is 10.9. The Labute approximate surface area is 148 Å². The number of carboxylic acids is 1. The Balaban J connectivity index is 2.84. The summed E-state index contributed by atoms with van der Waals surface area (Å²) in [5, 5.41) is 11.8. The van der Waals surface area contributed by atoms with E-state index in [0.29, 0.717) is 24.2 Å². The lowest BCUT2D eigenvalue weighted by molar-refractivity contribution is -0.117. The maximum absolute atomic E-state index is 12.3. The standard InChI is InChI=1S/C18H26N2O5/c1-6-10-20(17(24)25-18(3,4)5)11-15(21)19-14-9-7-8-13(12(14)2)16(22)23/h7-9H,6,10-11H2,1-5H3,(H,19,21)(H,22,23). The molecular formula is C18H26N2O5. The smallest absolute Gasteiger partial charge is 0.410 e. The summed E-state index contributed by atoms with van der Waals surface area (Å²) in [6, 6.07) is 4.65. The van der Waals surface area contributed by atoms with Crippen molar-refractivity contribution in [1.82, 2.24) is 4.90 Å². The number of carboxylic acid groups (broad SMARTS) is 1. The van der Waals surface area contributed by atoms with Crippen molar-refractivity contribution >= 4 is 23.7 Å². The molecule has 0 heterocycles. The molecule has 0 radical (unpaired) electrons. The van der Waals surface area contributed by atoms with Gasteiger partial charge in [0.1, 0.15) is 12.1 Å². The van der Waals surface area contributed by atoms with Gasteiger partial charge in [-0.15, -0.1) is 0 Å². The number of carbonyl (C=O) groups is 3. The molecule has 0 aliphatic heterocycles. The highest BCUT2D eigenvalue weighted by Crippen LogP contribution is 2.19. The first-order valence-corrected chi connectivity index (χ1v) is 8.15. The second-order valence-electron chi connectivity index (χ2n) is 6.73. The van der Waals surface area contributed by atoms with Crippen LogP contribution in [0.15, 0.2) is 18.2 Å². The molecule has 1 aromatic carbocycles. The molecule has 25 heavy (non-hydrogen) atoms. The van der Waals surface area contributed by atoms with Gasteiger partial charge in [0.15, 0.2) is 0 Å². The summed E-state index contributed by atoms with van der Waals surface area (Å²) in [5.74, 6) is -1.47. The van der Waals surface area contributed by atoms with E-state index in [-0.39, 0.29) is 12.1 Å². The first kappa shape index (κ1) is 20.5. The van der Waals surface area contributed by atoms with Gasteiger partial charge in [-0.3, -0.25) is 9.69 Å². The fourth-order valence-electron chi connectivity index (χ4n) is 2.20. The Kier molecular flexibility index (Phi) is 6.97. The van der Waals surface area contributed by atoms with Gasteiger partial charge in [-0.2, -0.15) is 0 Å². The number of carbonyl (C=O) groups excluding carboxylic acids is 2. The summed E-state index contributed by atoms with van der Waals surface area (Å²) in [5.41, 5.74) is 0.343. The van der Waals surface area contributed by atoms with E-state index in [9.17, 15) is 14.4 Å². The average molecular weight is 350 g/mol. The first-order valence-electron chi connectivity index (χ1n) is 8.15. The Bertz CT molecular complexity index is 649. The van der Waals surface area contributed by atoms with E-state index < -0.39 is 23.6 Å². The van der Waals surface area contributed by atoms with Crippen LogP contribution >= 0.6 is 0 Å². The zero-order valence-corrected chi connectivity index (χ0v) is 15.4. The Hall–Kier alpha value is -2.57. The van der Waals surface area contributed by atoms with Crippen molar-refractivity contribution in [2.75, 3.05) is 18.4 Å². The third-order valence-corrected chi connectivity index (χ3v) is 3.32. The molecule has 0 spiro atoms. The van der Waals surface area contributed by atoms with Crippen molar-refractivity contribution in [2.45, 2.75) is 46.6 Å². The van der Waals surface area contributed by atoms with Crippen molar-refractivity contribution in [2.24, 2.45) is 0 Å². The van der Waals surface area contributed by atoms with Crippen LogP contribution in [0.1, 0.15) is 50.0 Å². The fraction of sp³-hybridized carbons (Fsp3) is 0.500. The fourth-order valence-corrected chi connectivity index (χ4v) is 2.20. The van der Waals surface area contributed by atoms with Crippen molar-refractivity contribution in [3.63, 3.8) is 0 Å². The number of hydrogen-bond acceptors (Lipinski definition) is 4. The van der Waals surface area contributed by atoms with Gasteiger partial charge in [0.2, 0.25) is 5.91 Å². The number of amides is 2. The number of anilines is 1. The maximum atomic E-state index is 12.3. The van der Waals surface area contributed by atoms with Crippen LogP contribution in [0.5, 0.6) is 0 Å². The molecular weight excluding hydrogens is 324 g/mol. The highest BCUT2D eigenvalue weighted by molar-refractivity contribution is 5.97. The second kappa shape index (κ2) is 8.50. The van der Waals surface area contributed by atoms with E-state index in [4.69, 9.17) is 9.84 Å². The lowest BCUT2D eigenvalue weighted by Gasteiger charge is -2.26. The quantitative estimate of drug-likeness (QED) is 0.821. The van der Waals surface area contributed by atoms with E-state index in [0.717, 1.165) is 0 Å². The molecule has 1 rings (SSSR count). The maximum Gasteiger partial charge on any atom is 0.410 e. The van der Waals surface area contributed by atoms with E-state index in [1.165, 1.54) is 11.0 Å². The molecule has 0 bridgehead atoms. The molecule has 0 saturated carbocycles. The van der Waals surface area contributed by atoms with E-state index in [1.54, 1.807) is 39.8 Å². The summed E-state index contributed by atoms with van der Waals surface area (Å²) in [7, 11) is 0. The lowest BCUT2D eigenvalue weighted by atomic mass is 10.1. The zero-order valence-electron chi connectivity index (χ0n) is 15.4. The minimum absolute atomic E-state index is 0.121. The number of benzene rings is 1. The first-order chi connectivity index (χ1) is 11.5. The van der Waals surface area contributed by atoms with E-state index in [2.05, 4.69) is 5.32 Å². The number of nitrogens with zero attached hydrogens (tertiary/aromatic N) is 1. The number of aromatic carboxylic acids is 1. The van der Waals surface area contributed by atoms with Crippen LogP contribution in [-0.2, 0) is 9.53 Å². The molecule has 0 fully saturated rings. The van der Waals surface area contributed by atoms with Crippen LogP contribution < -0.4 is 5.32 Å². The molecule has 0 saturated heterocycles. The molecule has 0 unspecified atom stereocenters. The summed E-state index contributed by atoms with van der Waals surface area (Å²) in [6.07, 6.45) is 0.126. The number of hydrogen-bond donors (Lipinski definition) is 2. The molecule has 0 atom stereocenters. The Morgan fingerprint density at radius 2 is 1.88 bits per heavy atom. The molecule has 1 aromatic rings. The molecule has 7 nitrogen and oxygen atoms in total. The second-order valence-corrected chi connectivity index (χ2v) is 6.73. The van der Waals surface area contributed by atoms with Gasteiger partial charge in [-0.25, -0.2) is 9.59 Å². The van der Waals surface area contributed by atoms with Gasteiger partial charge in [0.25, 0.3) is 0 Å². The summed E-state index contributed by atoms with van der Waals surface area (Å²) >= 11 is 0. The zero-order chi connectivity index (χ0) is 19.2. The lowest BCUT2D eigenvalue weighted by Crippen LogP contribution is -2.41. The minimum Gasteiger partial charge on any atom is -0.478 e. The number of ether oxygens (including phenoxy) is 1. The summed E-state index contributed by atoms with van der Waals surface area (Å²) < 4.78 is 5.31. The topological polar surface area (TPSA) is 95.9 Å². The van der Waals surface area contributed by atoms with E-state index >= 15 is 0 Å². The molecule has 0 aromatic heterocycles. The highest BCUT2D eigenvalue weighted by Gasteiger charge is 2.23. The monoisotopic (exact) mass is 350 g/mol. The van der Waals surface area contributed by atoms with Crippen LogP contribution in [0, 0.1) is 6.92 Å². The van der Waals surface area contributed by atoms with Gasteiger partial charge in [-0.05, 0) is 51.8 Å². The number of rotatable bonds is 6. The minimum atomic E-state index is -1.06. The highest BCUT2D eigenvalue weighted by atomic mass is 16.6. The largest absolute Gasteiger partial charge is 0.478 e. The van der Waals surface area contributed by atoms with E-state index in [1.807, 2.05) is 6.92 Å². The molecule has 2 N–H and O–H groups in total. The van der Waals surface area contributed by atoms with Gasteiger partial charge in [0, 0.05) is 12.2 Å². The Morgan fingerprint density at radius 3 is 2.40 bits per heavy atom. The molecule has 138 valence electrons. The van der Waals surface area contributed by atoms with Gasteiger partial charge >= 0.3 is 12.1 Å². The van der Waals surface area contributed by atoms with Crippen LogP contribution in [0.2, 0.25) is 0 Å². The van der Waals surface area contributed by atoms with Gasteiger partial charge < -0.3 is 15.2 Å².